The van der Waals surface area contributed by atoms with Gasteiger partial charge in [0.1, 0.15) is 0 Å². The Kier molecular flexibility index (Phi) is 2.34. The van der Waals surface area contributed by atoms with Gasteiger partial charge in [0.2, 0.25) is 0 Å². The van der Waals surface area contributed by atoms with E-state index in [1.165, 1.54) is 6.42 Å². The molecule has 3 heteroatoms. The second kappa shape index (κ2) is 3.65. The van der Waals surface area contributed by atoms with Gasteiger partial charge in [0.25, 0.3) is 0 Å². The molecule has 1 N–H and O–H groups in total. The number of aromatic nitrogens is 1. The van der Waals surface area contributed by atoms with E-state index in [9.17, 15) is 0 Å². The molecule has 64 valence electrons. The fourth-order valence-electron chi connectivity index (χ4n) is 1.41. The van der Waals surface area contributed by atoms with Crippen LogP contribution in [0.25, 0.3) is 0 Å². The monoisotopic (exact) mass is 163 g/mol. The van der Waals surface area contributed by atoms with E-state index in [1.54, 1.807) is 0 Å². The van der Waals surface area contributed by atoms with E-state index in [0.717, 1.165) is 25.3 Å². The van der Waals surface area contributed by atoms with Crippen molar-refractivity contribution in [2.75, 3.05) is 13.1 Å². The van der Waals surface area contributed by atoms with Gasteiger partial charge in [-0.05, 0) is 18.6 Å². The van der Waals surface area contributed by atoms with Gasteiger partial charge in [-0.25, -0.2) is 5.01 Å². The number of hydrogen-bond donors (Lipinski definition) is 1. The summed E-state index contributed by atoms with van der Waals surface area (Å²) in [6.45, 7) is 3.16. The van der Waals surface area contributed by atoms with Crippen LogP contribution in [0.1, 0.15) is 12.1 Å². The van der Waals surface area contributed by atoms with Crippen LogP contribution in [0.3, 0.4) is 0 Å². The average molecular weight is 163 g/mol. The summed E-state index contributed by atoms with van der Waals surface area (Å²) in [6.07, 6.45) is 3.08. The summed E-state index contributed by atoms with van der Waals surface area (Å²) in [4.78, 5) is 4.26. The molecule has 2 heterocycles. The van der Waals surface area contributed by atoms with Gasteiger partial charge < -0.3 is 0 Å². The van der Waals surface area contributed by atoms with Crippen LogP contribution in [0, 0.1) is 0 Å². The smallest absolute Gasteiger partial charge is 0.0558 e. The molecule has 3 nitrogen and oxygen atoms in total. The second-order valence-electron chi connectivity index (χ2n) is 3.00. The Labute approximate surface area is 72.4 Å². The molecule has 0 saturated carbocycles. The Hall–Kier alpha value is -0.930. The maximum Gasteiger partial charge on any atom is 0.0558 e. The quantitative estimate of drug-likeness (QED) is 0.698. The lowest BCUT2D eigenvalue weighted by Gasteiger charge is -2.13. The van der Waals surface area contributed by atoms with Gasteiger partial charge in [-0.15, -0.1) is 0 Å². The van der Waals surface area contributed by atoms with E-state index < -0.39 is 0 Å². The van der Waals surface area contributed by atoms with Crippen molar-refractivity contribution in [2.24, 2.45) is 0 Å². The molecule has 1 aromatic rings. The van der Waals surface area contributed by atoms with Crippen LogP contribution in [0.2, 0.25) is 0 Å². The predicted molar refractivity (Wildman–Crippen MR) is 47.3 cm³/mol. The minimum atomic E-state index is 0.918. The zero-order valence-corrected chi connectivity index (χ0v) is 7.03. The van der Waals surface area contributed by atoms with Crippen molar-refractivity contribution in [1.82, 2.24) is 15.4 Å². The third kappa shape index (κ3) is 1.81. The molecular weight excluding hydrogens is 150 g/mol. The van der Waals surface area contributed by atoms with Crippen molar-refractivity contribution >= 4 is 0 Å². The first kappa shape index (κ1) is 7.71. The molecular formula is C9H13N3. The van der Waals surface area contributed by atoms with Gasteiger partial charge in [0.15, 0.2) is 0 Å². The SMILES string of the molecule is c1ccc(CN2CCCN2)nc1. The minimum absolute atomic E-state index is 0.918. The Morgan fingerprint density at radius 1 is 1.50 bits per heavy atom. The summed E-state index contributed by atoms with van der Waals surface area (Å²) in [5.41, 5.74) is 4.43. The minimum Gasteiger partial charge on any atom is -0.260 e. The zero-order chi connectivity index (χ0) is 8.23. The molecule has 12 heavy (non-hydrogen) atoms. The Morgan fingerprint density at radius 2 is 2.50 bits per heavy atom. The number of hydrazine groups is 1. The van der Waals surface area contributed by atoms with Gasteiger partial charge in [0.05, 0.1) is 12.2 Å². The van der Waals surface area contributed by atoms with Crippen molar-refractivity contribution in [3.63, 3.8) is 0 Å². The number of rotatable bonds is 2. The van der Waals surface area contributed by atoms with Gasteiger partial charge in [-0.2, -0.15) is 0 Å². The Balaban J connectivity index is 1.94. The number of nitrogens with one attached hydrogen (secondary N) is 1. The van der Waals surface area contributed by atoms with Crippen LogP contribution in [0.4, 0.5) is 0 Å². The first-order chi connectivity index (χ1) is 5.95. The zero-order valence-electron chi connectivity index (χ0n) is 7.03. The second-order valence-corrected chi connectivity index (χ2v) is 3.00. The van der Waals surface area contributed by atoms with Crippen LogP contribution >= 0.6 is 0 Å². The topological polar surface area (TPSA) is 28.2 Å². The standard InChI is InChI=1S/C9H13N3/c1-2-5-10-9(4-1)8-12-7-3-6-11-12/h1-2,4-5,11H,3,6-8H2. The molecule has 0 aliphatic carbocycles. The first-order valence-corrected chi connectivity index (χ1v) is 4.33. The third-order valence-corrected chi connectivity index (χ3v) is 2.02. The number of nitrogens with zero attached hydrogens (tertiary/aromatic N) is 2. The van der Waals surface area contributed by atoms with Crippen LogP contribution < -0.4 is 5.43 Å². The molecule has 0 bridgehead atoms. The lowest BCUT2D eigenvalue weighted by atomic mass is 10.3. The molecule has 0 atom stereocenters. The van der Waals surface area contributed by atoms with E-state index >= 15 is 0 Å². The van der Waals surface area contributed by atoms with E-state index in [1.807, 2.05) is 18.3 Å². The van der Waals surface area contributed by atoms with Gasteiger partial charge in [-0.1, -0.05) is 6.07 Å². The lowest BCUT2D eigenvalue weighted by molar-refractivity contribution is 0.241. The highest BCUT2D eigenvalue weighted by molar-refractivity contribution is 5.03. The van der Waals surface area contributed by atoms with E-state index in [4.69, 9.17) is 0 Å². The summed E-state index contributed by atoms with van der Waals surface area (Å²) < 4.78 is 0. The average Bonchev–Trinajstić information content (AvgIpc) is 2.59. The Bertz CT molecular complexity index is 229. The molecule has 2 rings (SSSR count). The normalized spacial score (nSPS) is 18.3. The van der Waals surface area contributed by atoms with Crippen LogP contribution in [-0.2, 0) is 6.54 Å². The van der Waals surface area contributed by atoms with E-state index in [0.29, 0.717) is 0 Å². The molecule has 1 aliphatic rings. The number of pyridine rings is 1. The third-order valence-electron chi connectivity index (χ3n) is 2.02. The summed E-state index contributed by atoms with van der Waals surface area (Å²) in [6, 6.07) is 6.03. The molecule has 0 spiro atoms. The largest absolute Gasteiger partial charge is 0.260 e. The fourth-order valence-corrected chi connectivity index (χ4v) is 1.41. The van der Waals surface area contributed by atoms with Crippen molar-refractivity contribution in [3.8, 4) is 0 Å². The van der Waals surface area contributed by atoms with Crippen LogP contribution in [0.5, 0.6) is 0 Å². The molecule has 0 aromatic carbocycles. The molecule has 0 unspecified atom stereocenters. The number of hydrogen-bond acceptors (Lipinski definition) is 3. The predicted octanol–water partition coefficient (Wildman–Crippen LogP) is 0.792. The van der Waals surface area contributed by atoms with Crippen molar-refractivity contribution in [1.29, 1.82) is 0 Å². The van der Waals surface area contributed by atoms with Gasteiger partial charge in [-0.3, -0.25) is 10.4 Å². The summed E-state index contributed by atoms with van der Waals surface area (Å²) in [5, 5.41) is 2.21. The van der Waals surface area contributed by atoms with Crippen molar-refractivity contribution < 1.29 is 0 Å². The molecule has 0 amide bonds. The molecule has 1 saturated heterocycles. The van der Waals surface area contributed by atoms with Crippen LogP contribution in [-0.4, -0.2) is 23.1 Å². The molecule has 1 aromatic heterocycles. The Morgan fingerprint density at radius 3 is 3.17 bits per heavy atom. The van der Waals surface area contributed by atoms with Crippen LogP contribution in [0.15, 0.2) is 24.4 Å². The maximum absolute atomic E-state index is 4.26. The van der Waals surface area contributed by atoms with E-state index in [-0.39, 0.29) is 0 Å². The fraction of sp³-hybridized carbons (Fsp3) is 0.444. The van der Waals surface area contributed by atoms with Gasteiger partial charge in [0, 0.05) is 19.3 Å². The summed E-state index contributed by atoms with van der Waals surface area (Å²) in [5.74, 6) is 0. The van der Waals surface area contributed by atoms with Crippen molar-refractivity contribution in [3.05, 3.63) is 30.1 Å². The highest BCUT2D eigenvalue weighted by Gasteiger charge is 2.10. The molecule has 1 fully saturated rings. The van der Waals surface area contributed by atoms with E-state index in [2.05, 4.69) is 21.5 Å². The maximum atomic E-state index is 4.26. The highest BCUT2D eigenvalue weighted by Crippen LogP contribution is 2.02. The molecule has 0 radical (unpaired) electrons. The summed E-state index contributed by atoms with van der Waals surface area (Å²) in [7, 11) is 0. The highest BCUT2D eigenvalue weighted by atomic mass is 15.5. The van der Waals surface area contributed by atoms with Crippen molar-refractivity contribution in [2.45, 2.75) is 13.0 Å². The molecule has 1 aliphatic heterocycles. The van der Waals surface area contributed by atoms with Gasteiger partial charge >= 0.3 is 0 Å². The lowest BCUT2D eigenvalue weighted by Crippen LogP contribution is -2.30. The first-order valence-electron chi connectivity index (χ1n) is 4.33. The summed E-state index contributed by atoms with van der Waals surface area (Å²) >= 11 is 0.